The van der Waals surface area contributed by atoms with Crippen LogP contribution in [-0.4, -0.2) is 27.3 Å². The largest absolute Gasteiger partial charge is 0.340 e. The number of benzene rings is 1. The molecule has 23 heavy (non-hydrogen) atoms. The fourth-order valence-corrected chi connectivity index (χ4v) is 3.24. The van der Waals surface area contributed by atoms with Crippen molar-refractivity contribution in [2.45, 2.75) is 32.7 Å². The van der Waals surface area contributed by atoms with Gasteiger partial charge in [0.15, 0.2) is 0 Å². The molecule has 0 spiro atoms. The van der Waals surface area contributed by atoms with Crippen molar-refractivity contribution < 1.29 is 4.79 Å². The number of carbonyl (C=O) groups is 1. The number of likely N-dealkylation sites (tertiary alicyclic amines) is 1. The number of carbonyl (C=O) groups excluding carboxylic acids is 1. The summed E-state index contributed by atoms with van der Waals surface area (Å²) in [6.45, 7) is 4.87. The van der Waals surface area contributed by atoms with Gasteiger partial charge in [0.1, 0.15) is 5.82 Å². The fraction of sp³-hybridized carbons (Fsp3) is 0.389. The van der Waals surface area contributed by atoms with Crippen molar-refractivity contribution in [1.82, 2.24) is 14.9 Å². The van der Waals surface area contributed by atoms with Crippen molar-refractivity contribution in [3.05, 3.63) is 47.2 Å². The second kappa shape index (κ2) is 6.87. The molecule has 1 saturated heterocycles. The number of imidazole rings is 1. The molecule has 1 N–H and O–H groups in total. The minimum absolute atomic E-state index is 0.0571. The lowest BCUT2D eigenvalue weighted by Gasteiger charge is -2.23. The molecule has 1 atom stereocenters. The van der Waals surface area contributed by atoms with Gasteiger partial charge in [0.05, 0.1) is 24.4 Å². The highest BCUT2D eigenvalue weighted by Gasteiger charge is 2.32. The Hall–Kier alpha value is -1.62. The molecule has 0 saturated carbocycles. The number of amides is 1. The number of H-pyrrole nitrogens is 1. The van der Waals surface area contributed by atoms with Gasteiger partial charge >= 0.3 is 0 Å². The normalized spacial score (nSPS) is 17.9. The molecule has 3 rings (SSSR count). The van der Waals surface area contributed by atoms with Crippen LogP contribution in [0.3, 0.4) is 0 Å². The zero-order chi connectivity index (χ0) is 16.4. The smallest absolute Gasteiger partial charge is 0.227 e. The molecule has 1 radical (unpaired) electrons. The van der Waals surface area contributed by atoms with E-state index in [0.29, 0.717) is 0 Å². The molecule has 1 aliphatic rings. The van der Waals surface area contributed by atoms with Crippen LogP contribution in [0.5, 0.6) is 0 Å². The number of aromatic amines is 1. The molecular formula is C18H21BrN3O. The first kappa shape index (κ1) is 16.2. The van der Waals surface area contributed by atoms with Crippen molar-refractivity contribution in [3.63, 3.8) is 0 Å². The van der Waals surface area contributed by atoms with E-state index in [9.17, 15) is 4.79 Å². The van der Waals surface area contributed by atoms with Crippen LogP contribution in [0, 0.1) is 12.3 Å². The van der Waals surface area contributed by atoms with Gasteiger partial charge in [0, 0.05) is 11.0 Å². The molecule has 1 aromatic heterocycles. The van der Waals surface area contributed by atoms with Gasteiger partial charge in [-0.1, -0.05) is 41.9 Å². The Kier molecular flexibility index (Phi) is 4.85. The first-order valence-corrected chi connectivity index (χ1v) is 8.80. The van der Waals surface area contributed by atoms with Crippen molar-refractivity contribution in [3.8, 4) is 11.3 Å². The Labute approximate surface area is 145 Å². The predicted octanol–water partition coefficient (Wildman–Crippen LogP) is 4.36. The van der Waals surface area contributed by atoms with Gasteiger partial charge < -0.3 is 9.88 Å². The highest BCUT2D eigenvalue weighted by atomic mass is 79.9. The summed E-state index contributed by atoms with van der Waals surface area (Å²) in [6.07, 6.45) is 5.63. The van der Waals surface area contributed by atoms with E-state index < -0.39 is 0 Å². The zero-order valence-electron chi connectivity index (χ0n) is 13.4. The molecule has 1 aliphatic heterocycles. The number of hydrogen-bond acceptors (Lipinski definition) is 2. The molecule has 0 bridgehead atoms. The lowest BCUT2D eigenvalue weighted by atomic mass is 10.1. The van der Waals surface area contributed by atoms with Crippen LogP contribution in [0.15, 0.2) is 34.9 Å². The number of halogens is 1. The summed E-state index contributed by atoms with van der Waals surface area (Å²) in [4.78, 5) is 22.2. The number of hydrogen-bond donors (Lipinski definition) is 1. The maximum absolute atomic E-state index is 12.4. The van der Waals surface area contributed by atoms with Gasteiger partial charge in [-0.15, -0.1) is 0 Å². The number of nitrogens with zero attached hydrogens (tertiary/aromatic N) is 2. The second-order valence-corrected chi connectivity index (χ2v) is 7.21. The van der Waals surface area contributed by atoms with E-state index in [2.05, 4.69) is 25.9 Å². The van der Waals surface area contributed by atoms with E-state index in [0.717, 1.165) is 40.9 Å². The highest BCUT2D eigenvalue weighted by Crippen LogP contribution is 2.32. The SMILES string of the molecule is CC(C)[CH]C(=O)N1CCCC1c1ncc(-c2ccc(Br)cc2)[nH]1. The summed E-state index contributed by atoms with van der Waals surface area (Å²) in [7, 11) is 0. The summed E-state index contributed by atoms with van der Waals surface area (Å²) in [5, 5.41) is 0. The Balaban J connectivity index is 1.79. The van der Waals surface area contributed by atoms with Crippen LogP contribution in [0.1, 0.15) is 38.6 Å². The molecule has 1 unspecified atom stereocenters. The van der Waals surface area contributed by atoms with Gasteiger partial charge in [-0.2, -0.15) is 0 Å². The Morgan fingerprint density at radius 2 is 2.13 bits per heavy atom. The van der Waals surface area contributed by atoms with E-state index >= 15 is 0 Å². The van der Waals surface area contributed by atoms with Crippen molar-refractivity contribution in [2.75, 3.05) is 6.54 Å². The molecule has 0 aliphatic carbocycles. The third-order valence-electron chi connectivity index (χ3n) is 4.08. The number of aromatic nitrogens is 2. The van der Waals surface area contributed by atoms with Crippen LogP contribution in [0.25, 0.3) is 11.3 Å². The molecule has 1 fully saturated rings. The van der Waals surface area contributed by atoms with Gasteiger partial charge in [-0.25, -0.2) is 4.98 Å². The van der Waals surface area contributed by atoms with Crippen molar-refractivity contribution in [1.29, 1.82) is 0 Å². The van der Waals surface area contributed by atoms with Gasteiger partial charge in [-0.3, -0.25) is 4.79 Å². The van der Waals surface area contributed by atoms with E-state index in [1.165, 1.54) is 0 Å². The van der Waals surface area contributed by atoms with Crippen LogP contribution in [-0.2, 0) is 4.79 Å². The standard InChI is InChI=1S/C18H21BrN3O/c1-12(2)10-17(23)22-9-3-4-16(22)18-20-11-15(21-18)13-5-7-14(19)8-6-13/h5-8,10-12,16H,3-4,9H2,1-2H3,(H,20,21). The molecule has 2 heterocycles. The maximum Gasteiger partial charge on any atom is 0.227 e. The van der Waals surface area contributed by atoms with Crippen LogP contribution < -0.4 is 0 Å². The summed E-state index contributed by atoms with van der Waals surface area (Å²) < 4.78 is 1.05. The molecule has 5 heteroatoms. The fourth-order valence-electron chi connectivity index (χ4n) is 2.98. The summed E-state index contributed by atoms with van der Waals surface area (Å²) in [5.74, 6) is 1.26. The molecule has 1 aromatic carbocycles. The first-order valence-electron chi connectivity index (χ1n) is 8.01. The average molecular weight is 375 g/mol. The van der Waals surface area contributed by atoms with Crippen LogP contribution >= 0.6 is 15.9 Å². The van der Waals surface area contributed by atoms with E-state index in [1.54, 1.807) is 6.42 Å². The van der Waals surface area contributed by atoms with Gasteiger partial charge in [-0.05, 0) is 36.5 Å². The Morgan fingerprint density at radius 3 is 2.83 bits per heavy atom. The topological polar surface area (TPSA) is 49.0 Å². The quantitative estimate of drug-likeness (QED) is 0.863. The monoisotopic (exact) mass is 374 g/mol. The van der Waals surface area contributed by atoms with Crippen molar-refractivity contribution in [2.24, 2.45) is 5.92 Å². The first-order chi connectivity index (χ1) is 11.0. The molecule has 2 aromatic rings. The number of rotatable bonds is 4. The summed E-state index contributed by atoms with van der Waals surface area (Å²) >= 11 is 3.45. The summed E-state index contributed by atoms with van der Waals surface area (Å²) in [6, 6.07) is 8.18. The molecule has 121 valence electrons. The zero-order valence-corrected chi connectivity index (χ0v) is 15.0. The predicted molar refractivity (Wildman–Crippen MR) is 94.5 cm³/mol. The molecule has 4 nitrogen and oxygen atoms in total. The third kappa shape index (κ3) is 3.66. The molecular weight excluding hydrogens is 354 g/mol. The highest BCUT2D eigenvalue weighted by molar-refractivity contribution is 9.10. The number of nitrogens with one attached hydrogen (secondary N) is 1. The van der Waals surface area contributed by atoms with Gasteiger partial charge in [0.2, 0.25) is 5.91 Å². The third-order valence-corrected chi connectivity index (χ3v) is 4.61. The van der Waals surface area contributed by atoms with Crippen LogP contribution in [0.4, 0.5) is 0 Å². The maximum atomic E-state index is 12.4. The lowest BCUT2D eigenvalue weighted by Crippen LogP contribution is -2.32. The minimum Gasteiger partial charge on any atom is -0.340 e. The Morgan fingerprint density at radius 1 is 1.39 bits per heavy atom. The van der Waals surface area contributed by atoms with Gasteiger partial charge in [0.25, 0.3) is 0 Å². The molecule has 1 amide bonds. The van der Waals surface area contributed by atoms with E-state index in [-0.39, 0.29) is 17.9 Å². The Bertz CT molecular complexity index is 678. The second-order valence-electron chi connectivity index (χ2n) is 6.29. The van der Waals surface area contributed by atoms with Crippen molar-refractivity contribution >= 4 is 21.8 Å². The van der Waals surface area contributed by atoms with E-state index in [1.807, 2.05) is 49.2 Å². The minimum atomic E-state index is 0.0571. The summed E-state index contributed by atoms with van der Waals surface area (Å²) in [5.41, 5.74) is 2.08. The lowest BCUT2D eigenvalue weighted by molar-refractivity contribution is -0.129. The average Bonchev–Trinajstić information content (AvgIpc) is 3.16. The van der Waals surface area contributed by atoms with E-state index in [4.69, 9.17) is 0 Å². The van der Waals surface area contributed by atoms with Crippen LogP contribution in [0.2, 0.25) is 0 Å².